The molecule has 0 atom stereocenters. The number of benzene rings is 1. The Morgan fingerprint density at radius 2 is 1.75 bits per heavy atom. The molecule has 0 unspecified atom stereocenters. The van der Waals surface area contributed by atoms with Gasteiger partial charge in [0.2, 0.25) is 0 Å². The van der Waals surface area contributed by atoms with E-state index in [2.05, 4.69) is 37.5 Å². The lowest BCUT2D eigenvalue weighted by Crippen LogP contribution is -2.10. The summed E-state index contributed by atoms with van der Waals surface area (Å²) in [6.07, 6.45) is 7.27. The van der Waals surface area contributed by atoms with Gasteiger partial charge in [-0.2, -0.15) is 0 Å². The fourth-order valence-electron chi connectivity index (χ4n) is 2.02. The molecule has 1 aromatic rings. The smallest absolute Gasteiger partial charge is 0.0519 e. The standard InChI is InChI=1S/C14H24N2/c1-3-5-8-12-9-7-11-14(16-15)13(12)10-6-4-2/h7,9,11,16H,3-6,8,10,15H2,1-2H3. The first-order valence-corrected chi connectivity index (χ1v) is 6.40. The van der Waals surface area contributed by atoms with Gasteiger partial charge in [-0.1, -0.05) is 38.8 Å². The first-order valence-electron chi connectivity index (χ1n) is 6.40. The van der Waals surface area contributed by atoms with E-state index in [0.717, 1.165) is 12.1 Å². The number of aryl methyl sites for hydroxylation is 1. The Morgan fingerprint density at radius 3 is 2.38 bits per heavy atom. The van der Waals surface area contributed by atoms with Crippen LogP contribution in [0.25, 0.3) is 0 Å². The predicted molar refractivity (Wildman–Crippen MR) is 71.5 cm³/mol. The molecule has 0 saturated heterocycles. The highest BCUT2D eigenvalue weighted by molar-refractivity contribution is 5.54. The van der Waals surface area contributed by atoms with Gasteiger partial charge in [-0.25, -0.2) is 0 Å². The zero-order chi connectivity index (χ0) is 11.8. The third-order valence-electron chi connectivity index (χ3n) is 3.01. The lowest BCUT2D eigenvalue weighted by Gasteiger charge is -2.14. The van der Waals surface area contributed by atoms with Crippen LogP contribution in [-0.2, 0) is 12.8 Å². The Bertz CT molecular complexity index is 308. The van der Waals surface area contributed by atoms with Gasteiger partial charge in [-0.3, -0.25) is 5.84 Å². The van der Waals surface area contributed by atoms with Crippen molar-refractivity contribution >= 4 is 5.69 Å². The Balaban J connectivity index is 2.86. The van der Waals surface area contributed by atoms with Gasteiger partial charge in [-0.05, 0) is 42.9 Å². The normalized spacial score (nSPS) is 10.4. The fourth-order valence-corrected chi connectivity index (χ4v) is 2.02. The predicted octanol–water partition coefficient (Wildman–Crippen LogP) is 3.66. The number of hydrogen-bond donors (Lipinski definition) is 2. The van der Waals surface area contributed by atoms with Crippen molar-refractivity contribution in [2.45, 2.75) is 52.4 Å². The van der Waals surface area contributed by atoms with Gasteiger partial charge in [0.05, 0.1) is 5.69 Å². The van der Waals surface area contributed by atoms with E-state index < -0.39 is 0 Å². The summed E-state index contributed by atoms with van der Waals surface area (Å²) < 4.78 is 0. The molecule has 1 rings (SSSR count). The number of unbranched alkanes of at least 4 members (excludes halogenated alkanes) is 2. The van der Waals surface area contributed by atoms with Gasteiger partial charge in [0.15, 0.2) is 0 Å². The van der Waals surface area contributed by atoms with E-state index in [0.29, 0.717) is 0 Å². The van der Waals surface area contributed by atoms with Gasteiger partial charge in [0, 0.05) is 0 Å². The molecule has 2 nitrogen and oxygen atoms in total. The Labute approximate surface area is 99.2 Å². The minimum Gasteiger partial charge on any atom is -0.324 e. The lowest BCUT2D eigenvalue weighted by atomic mass is 9.96. The summed E-state index contributed by atoms with van der Waals surface area (Å²) in [4.78, 5) is 0. The van der Waals surface area contributed by atoms with Crippen molar-refractivity contribution in [1.82, 2.24) is 0 Å². The molecule has 0 spiro atoms. The Hall–Kier alpha value is -1.02. The van der Waals surface area contributed by atoms with Crippen molar-refractivity contribution in [1.29, 1.82) is 0 Å². The molecule has 0 aliphatic rings. The molecule has 0 amide bonds. The highest BCUT2D eigenvalue weighted by Gasteiger charge is 2.06. The molecule has 0 fully saturated rings. The van der Waals surface area contributed by atoms with E-state index in [4.69, 9.17) is 5.84 Å². The maximum atomic E-state index is 5.57. The van der Waals surface area contributed by atoms with Gasteiger partial charge in [0.25, 0.3) is 0 Å². The summed E-state index contributed by atoms with van der Waals surface area (Å²) in [6, 6.07) is 6.40. The fraction of sp³-hybridized carbons (Fsp3) is 0.571. The van der Waals surface area contributed by atoms with Crippen LogP contribution in [0.5, 0.6) is 0 Å². The lowest BCUT2D eigenvalue weighted by molar-refractivity contribution is 0.759. The number of hydrazine groups is 1. The summed E-state index contributed by atoms with van der Waals surface area (Å²) in [6.45, 7) is 4.46. The average Bonchev–Trinajstić information content (AvgIpc) is 2.33. The van der Waals surface area contributed by atoms with Crippen LogP contribution >= 0.6 is 0 Å². The van der Waals surface area contributed by atoms with Crippen molar-refractivity contribution < 1.29 is 0 Å². The quantitative estimate of drug-likeness (QED) is 0.543. The summed E-state index contributed by atoms with van der Waals surface area (Å²) in [5.74, 6) is 5.57. The van der Waals surface area contributed by atoms with Crippen molar-refractivity contribution in [2.24, 2.45) is 5.84 Å². The molecular weight excluding hydrogens is 196 g/mol. The molecule has 2 heteroatoms. The largest absolute Gasteiger partial charge is 0.324 e. The molecule has 3 N–H and O–H groups in total. The molecule has 0 saturated carbocycles. The zero-order valence-corrected chi connectivity index (χ0v) is 10.6. The van der Waals surface area contributed by atoms with E-state index in [1.54, 1.807) is 0 Å². The average molecular weight is 220 g/mol. The van der Waals surface area contributed by atoms with Crippen LogP contribution in [0.15, 0.2) is 18.2 Å². The van der Waals surface area contributed by atoms with Crippen molar-refractivity contribution in [3.63, 3.8) is 0 Å². The third-order valence-corrected chi connectivity index (χ3v) is 3.01. The first kappa shape index (κ1) is 13.0. The van der Waals surface area contributed by atoms with Crippen LogP contribution in [0.4, 0.5) is 5.69 Å². The van der Waals surface area contributed by atoms with E-state index in [1.165, 1.54) is 43.2 Å². The topological polar surface area (TPSA) is 38.0 Å². The molecule has 0 radical (unpaired) electrons. The van der Waals surface area contributed by atoms with Gasteiger partial charge < -0.3 is 5.43 Å². The monoisotopic (exact) mass is 220 g/mol. The third kappa shape index (κ3) is 3.53. The van der Waals surface area contributed by atoms with E-state index in [1.807, 2.05) is 0 Å². The maximum absolute atomic E-state index is 5.57. The molecule has 0 heterocycles. The summed E-state index contributed by atoms with van der Waals surface area (Å²) >= 11 is 0. The second-order valence-corrected chi connectivity index (χ2v) is 4.29. The van der Waals surface area contributed by atoms with Gasteiger partial charge in [-0.15, -0.1) is 0 Å². The van der Waals surface area contributed by atoms with Crippen molar-refractivity contribution in [3.05, 3.63) is 29.3 Å². The molecule has 90 valence electrons. The zero-order valence-electron chi connectivity index (χ0n) is 10.6. The highest BCUT2D eigenvalue weighted by atomic mass is 15.2. The minimum atomic E-state index is 1.10. The minimum absolute atomic E-state index is 1.10. The molecular formula is C14H24N2. The number of nitrogen functional groups attached to an aromatic ring is 1. The summed E-state index contributed by atoms with van der Waals surface area (Å²) in [5, 5.41) is 0. The number of hydrogen-bond acceptors (Lipinski definition) is 2. The van der Waals surface area contributed by atoms with E-state index in [9.17, 15) is 0 Å². The van der Waals surface area contributed by atoms with Gasteiger partial charge >= 0.3 is 0 Å². The maximum Gasteiger partial charge on any atom is 0.0519 e. The molecule has 0 aliphatic heterocycles. The second-order valence-electron chi connectivity index (χ2n) is 4.29. The molecule has 0 bridgehead atoms. The SMILES string of the molecule is CCCCc1cccc(NN)c1CCCC. The number of nitrogens with two attached hydrogens (primary N) is 1. The molecule has 0 aromatic heterocycles. The van der Waals surface area contributed by atoms with Crippen molar-refractivity contribution in [2.75, 3.05) is 5.43 Å². The number of rotatable bonds is 7. The summed E-state index contributed by atoms with van der Waals surface area (Å²) in [7, 11) is 0. The highest BCUT2D eigenvalue weighted by Crippen LogP contribution is 2.23. The Kier molecular flexibility index (Phi) is 5.94. The molecule has 16 heavy (non-hydrogen) atoms. The molecule has 0 aliphatic carbocycles. The number of nitrogens with one attached hydrogen (secondary N) is 1. The second kappa shape index (κ2) is 7.29. The summed E-state index contributed by atoms with van der Waals surface area (Å²) in [5.41, 5.74) is 6.80. The van der Waals surface area contributed by atoms with Crippen LogP contribution in [-0.4, -0.2) is 0 Å². The van der Waals surface area contributed by atoms with Crippen LogP contribution < -0.4 is 11.3 Å². The van der Waals surface area contributed by atoms with Crippen LogP contribution in [0.2, 0.25) is 0 Å². The first-order chi connectivity index (χ1) is 7.83. The number of anilines is 1. The van der Waals surface area contributed by atoms with E-state index >= 15 is 0 Å². The van der Waals surface area contributed by atoms with E-state index in [-0.39, 0.29) is 0 Å². The van der Waals surface area contributed by atoms with Crippen LogP contribution in [0.1, 0.15) is 50.7 Å². The van der Waals surface area contributed by atoms with Crippen LogP contribution in [0, 0.1) is 0 Å². The van der Waals surface area contributed by atoms with Gasteiger partial charge in [0.1, 0.15) is 0 Å². The van der Waals surface area contributed by atoms with Crippen LogP contribution in [0.3, 0.4) is 0 Å². The Morgan fingerprint density at radius 1 is 1.06 bits per heavy atom. The molecule has 1 aromatic carbocycles. The van der Waals surface area contributed by atoms with Crippen molar-refractivity contribution in [3.8, 4) is 0 Å².